The van der Waals surface area contributed by atoms with Crippen molar-refractivity contribution in [1.29, 1.82) is 0 Å². The van der Waals surface area contributed by atoms with Crippen LogP contribution in [0.15, 0.2) is 18.6 Å². The third-order valence-electron chi connectivity index (χ3n) is 4.05. The smallest absolute Gasteiger partial charge is 0.280 e. The summed E-state index contributed by atoms with van der Waals surface area (Å²) >= 11 is 1.31. The molecule has 134 valence electrons. The summed E-state index contributed by atoms with van der Waals surface area (Å²) in [6.07, 6.45) is 9.52. The molecule has 3 rings (SSSR count). The monoisotopic (exact) mass is 361 g/mol. The predicted molar refractivity (Wildman–Crippen MR) is 96.9 cm³/mol. The van der Waals surface area contributed by atoms with Crippen LogP contribution in [0.3, 0.4) is 0 Å². The van der Waals surface area contributed by atoms with E-state index in [4.69, 9.17) is 4.74 Å². The van der Waals surface area contributed by atoms with Crippen LogP contribution < -0.4 is 15.4 Å². The van der Waals surface area contributed by atoms with Crippen molar-refractivity contribution in [3.8, 4) is 16.5 Å². The Morgan fingerprint density at radius 2 is 2.32 bits per heavy atom. The first-order chi connectivity index (χ1) is 12.3. The van der Waals surface area contributed by atoms with E-state index in [9.17, 15) is 4.79 Å². The molecule has 1 saturated heterocycles. The van der Waals surface area contributed by atoms with E-state index >= 15 is 0 Å². The molecule has 2 N–H and O–H groups in total. The van der Waals surface area contributed by atoms with Gasteiger partial charge in [0.15, 0.2) is 5.01 Å². The summed E-state index contributed by atoms with van der Waals surface area (Å²) in [7, 11) is 0. The lowest BCUT2D eigenvalue weighted by atomic mass is 10.0. The standard InChI is InChI=1S/C17H23N5O2S/c1-2-24-15-11-18-9-13(22-15)14-10-21-17(25-14)16(23)20-8-6-12-5-3-4-7-19-12/h9-12,19H,2-8H2,1H3,(H,20,23). The molecule has 1 aliphatic rings. The Bertz CT molecular complexity index is 700. The second-order valence-corrected chi connectivity index (χ2v) is 6.93. The number of hydrogen-bond acceptors (Lipinski definition) is 7. The van der Waals surface area contributed by atoms with Gasteiger partial charge in [-0.3, -0.25) is 9.78 Å². The number of amides is 1. The molecule has 0 aliphatic carbocycles. The fraction of sp³-hybridized carbons (Fsp3) is 0.529. The highest BCUT2D eigenvalue weighted by Crippen LogP contribution is 2.25. The van der Waals surface area contributed by atoms with Crippen LogP contribution in [0, 0.1) is 0 Å². The zero-order valence-electron chi connectivity index (χ0n) is 14.3. The van der Waals surface area contributed by atoms with Gasteiger partial charge in [-0.1, -0.05) is 6.42 Å². The number of thiazole rings is 1. The van der Waals surface area contributed by atoms with Crippen LogP contribution in [-0.4, -0.2) is 46.6 Å². The highest BCUT2D eigenvalue weighted by atomic mass is 32.1. The molecule has 0 spiro atoms. The van der Waals surface area contributed by atoms with Crippen molar-refractivity contribution in [3.63, 3.8) is 0 Å². The number of rotatable bonds is 7. The molecule has 1 aliphatic heterocycles. The lowest BCUT2D eigenvalue weighted by Crippen LogP contribution is -2.37. The Balaban J connectivity index is 1.55. The first-order valence-electron chi connectivity index (χ1n) is 8.69. The molecule has 0 aromatic carbocycles. The maximum absolute atomic E-state index is 12.3. The van der Waals surface area contributed by atoms with E-state index in [0.29, 0.717) is 35.8 Å². The first-order valence-corrected chi connectivity index (χ1v) is 9.50. The summed E-state index contributed by atoms with van der Waals surface area (Å²) in [4.78, 5) is 25.8. The number of carbonyl (C=O) groups excluding carboxylic acids is 1. The van der Waals surface area contributed by atoms with Gasteiger partial charge in [-0.05, 0) is 32.7 Å². The average molecular weight is 361 g/mol. The van der Waals surface area contributed by atoms with Gasteiger partial charge in [0, 0.05) is 18.8 Å². The number of piperidine rings is 1. The summed E-state index contributed by atoms with van der Waals surface area (Å²) in [6, 6.07) is 0.512. The van der Waals surface area contributed by atoms with E-state index < -0.39 is 0 Å². The van der Waals surface area contributed by atoms with Crippen molar-refractivity contribution in [2.24, 2.45) is 0 Å². The fourth-order valence-electron chi connectivity index (χ4n) is 2.79. The summed E-state index contributed by atoms with van der Waals surface area (Å²) in [5.41, 5.74) is 0.661. The lowest BCUT2D eigenvalue weighted by molar-refractivity contribution is 0.0951. The number of ether oxygens (including phenoxy) is 1. The second-order valence-electron chi connectivity index (χ2n) is 5.90. The van der Waals surface area contributed by atoms with Crippen LogP contribution in [0.2, 0.25) is 0 Å². The molecular formula is C17H23N5O2S. The summed E-state index contributed by atoms with van der Waals surface area (Å²) in [6.45, 7) is 4.16. The normalized spacial score (nSPS) is 17.2. The van der Waals surface area contributed by atoms with E-state index in [1.165, 1.54) is 30.6 Å². The number of aromatic nitrogens is 3. The van der Waals surface area contributed by atoms with Crippen LogP contribution in [0.5, 0.6) is 5.88 Å². The average Bonchev–Trinajstić information content (AvgIpc) is 3.13. The summed E-state index contributed by atoms with van der Waals surface area (Å²) in [5, 5.41) is 6.87. The van der Waals surface area contributed by atoms with Gasteiger partial charge >= 0.3 is 0 Å². The highest BCUT2D eigenvalue weighted by Gasteiger charge is 2.15. The van der Waals surface area contributed by atoms with E-state index in [0.717, 1.165) is 17.8 Å². The molecule has 1 atom stereocenters. The van der Waals surface area contributed by atoms with Crippen molar-refractivity contribution in [1.82, 2.24) is 25.6 Å². The van der Waals surface area contributed by atoms with Crippen molar-refractivity contribution in [2.45, 2.75) is 38.6 Å². The molecule has 8 heteroatoms. The molecule has 2 aromatic heterocycles. The number of nitrogens with one attached hydrogen (secondary N) is 2. The van der Waals surface area contributed by atoms with E-state index in [1.54, 1.807) is 18.6 Å². The molecule has 1 amide bonds. The van der Waals surface area contributed by atoms with Gasteiger partial charge in [0.2, 0.25) is 5.88 Å². The van der Waals surface area contributed by atoms with E-state index in [-0.39, 0.29) is 5.91 Å². The van der Waals surface area contributed by atoms with Crippen LogP contribution >= 0.6 is 11.3 Å². The number of carbonyl (C=O) groups is 1. The molecule has 0 saturated carbocycles. The van der Waals surface area contributed by atoms with Gasteiger partial charge < -0.3 is 15.4 Å². The highest BCUT2D eigenvalue weighted by molar-refractivity contribution is 7.16. The van der Waals surface area contributed by atoms with Gasteiger partial charge in [-0.2, -0.15) is 0 Å². The van der Waals surface area contributed by atoms with Gasteiger partial charge in [-0.25, -0.2) is 9.97 Å². The molecule has 7 nitrogen and oxygen atoms in total. The Morgan fingerprint density at radius 3 is 3.12 bits per heavy atom. The summed E-state index contributed by atoms with van der Waals surface area (Å²) in [5.74, 6) is 0.334. The predicted octanol–water partition coefficient (Wildman–Crippen LogP) is 2.26. The van der Waals surface area contributed by atoms with Gasteiger partial charge in [0.1, 0.15) is 5.69 Å². The molecular weight excluding hydrogens is 338 g/mol. The Hall–Kier alpha value is -2.06. The van der Waals surface area contributed by atoms with Crippen molar-refractivity contribution < 1.29 is 9.53 Å². The van der Waals surface area contributed by atoms with Crippen LogP contribution in [0.4, 0.5) is 0 Å². The SMILES string of the molecule is CCOc1cncc(-c2cnc(C(=O)NCCC3CCCCN3)s2)n1. The summed E-state index contributed by atoms with van der Waals surface area (Å²) < 4.78 is 5.36. The third kappa shape index (κ3) is 4.96. The maximum atomic E-state index is 12.3. The fourth-order valence-corrected chi connectivity index (χ4v) is 3.57. The Morgan fingerprint density at radius 1 is 1.40 bits per heavy atom. The quantitative estimate of drug-likeness (QED) is 0.786. The minimum absolute atomic E-state index is 0.138. The van der Waals surface area contributed by atoms with Crippen LogP contribution in [0.25, 0.3) is 10.6 Å². The molecule has 1 fully saturated rings. The van der Waals surface area contributed by atoms with Crippen molar-refractivity contribution >= 4 is 17.2 Å². The number of hydrogen-bond donors (Lipinski definition) is 2. The van der Waals surface area contributed by atoms with E-state index in [1.807, 2.05) is 6.92 Å². The Kier molecular flexibility index (Phi) is 6.30. The van der Waals surface area contributed by atoms with Gasteiger partial charge in [0.05, 0.1) is 23.9 Å². The van der Waals surface area contributed by atoms with Gasteiger partial charge in [0.25, 0.3) is 5.91 Å². The molecule has 2 aromatic rings. The maximum Gasteiger partial charge on any atom is 0.280 e. The van der Waals surface area contributed by atoms with Crippen molar-refractivity contribution in [3.05, 3.63) is 23.6 Å². The van der Waals surface area contributed by atoms with Gasteiger partial charge in [-0.15, -0.1) is 11.3 Å². The first kappa shape index (κ1) is 17.8. The minimum atomic E-state index is -0.138. The zero-order valence-corrected chi connectivity index (χ0v) is 15.1. The van der Waals surface area contributed by atoms with Crippen LogP contribution in [-0.2, 0) is 0 Å². The lowest BCUT2D eigenvalue weighted by Gasteiger charge is -2.23. The third-order valence-corrected chi connectivity index (χ3v) is 5.07. The Labute approximate surface area is 151 Å². The zero-order chi connectivity index (χ0) is 17.5. The molecule has 1 unspecified atom stereocenters. The molecule has 0 radical (unpaired) electrons. The van der Waals surface area contributed by atoms with Crippen molar-refractivity contribution in [2.75, 3.05) is 19.7 Å². The van der Waals surface area contributed by atoms with E-state index in [2.05, 4.69) is 25.6 Å². The topological polar surface area (TPSA) is 89.0 Å². The minimum Gasteiger partial charge on any atom is -0.477 e. The van der Waals surface area contributed by atoms with Crippen LogP contribution in [0.1, 0.15) is 42.4 Å². The second kappa shape index (κ2) is 8.87. The number of nitrogens with zero attached hydrogens (tertiary/aromatic N) is 3. The molecule has 25 heavy (non-hydrogen) atoms. The largest absolute Gasteiger partial charge is 0.477 e. The molecule has 0 bridgehead atoms. The molecule has 3 heterocycles.